The maximum Gasteiger partial charge on any atom is 0.387 e. The number of aromatic hydroxyl groups is 2. The fourth-order valence-corrected chi connectivity index (χ4v) is 7.97. The molecular weight excluding hydrogens is 810 g/mol. The number of nitrogens with two attached hydrogens (primary N) is 1. The highest BCUT2D eigenvalue weighted by molar-refractivity contribution is 8.01. The molecular formula is C30H32ClN9O12S3. The molecule has 2 atom stereocenters. The Morgan fingerprint density at radius 2 is 1.89 bits per heavy atom. The molecule has 294 valence electrons. The van der Waals surface area contributed by atoms with Crippen molar-refractivity contribution in [2.24, 2.45) is 5.16 Å². The third kappa shape index (κ3) is 8.88. The fourth-order valence-electron chi connectivity index (χ4n) is 4.80. The van der Waals surface area contributed by atoms with Crippen LogP contribution < -0.4 is 11.1 Å². The normalized spacial score (nSPS) is 17.4. The zero-order chi connectivity index (χ0) is 40.6. The Balaban J connectivity index is 1.34. The third-order valence-corrected chi connectivity index (χ3v) is 10.8. The topological polar surface area (TPSA) is 304 Å². The zero-order valence-corrected chi connectivity index (χ0v) is 32.5. The van der Waals surface area contributed by atoms with Crippen LogP contribution in [0.15, 0.2) is 33.0 Å². The predicted molar refractivity (Wildman–Crippen MR) is 194 cm³/mol. The number of oxime groups is 1. The average molecular weight is 842 g/mol. The van der Waals surface area contributed by atoms with E-state index in [0.29, 0.717) is 5.57 Å². The molecule has 0 radical (unpaired) electrons. The number of aromatic nitrogens is 5. The Bertz CT molecular complexity index is 2130. The number of phenolic OH excluding ortho intramolecular Hbond substituents is 2. The first-order valence-corrected chi connectivity index (χ1v) is 18.9. The van der Waals surface area contributed by atoms with Crippen molar-refractivity contribution < 1.29 is 59.0 Å². The summed E-state index contributed by atoms with van der Waals surface area (Å²) in [6.07, 6.45) is -0.662. The minimum Gasteiger partial charge on any atom is -0.504 e. The summed E-state index contributed by atoms with van der Waals surface area (Å²) in [5.74, 6) is -6.73. The van der Waals surface area contributed by atoms with Gasteiger partial charge in [0.25, 0.3) is 11.8 Å². The third-order valence-electron chi connectivity index (χ3n) is 7.41. The van der Waals surface area contributed by atoms with E-state index in [0.717, 1.165) is 50.5 Å². The molecule has 1 unspecified atom stereocenters. The standard InChI is InChI=1S/C30H32ClN9O12S3/c1-29(2,3)52-50-26(49)30(4,5)51-36-18(13-10-54-27(32)33-13)22(45)34-19-23(46)39-20(25(47)48)11(8-53-24(19)39)9-55-28-35-37-38-40(28)14-7-15(41)21(44)17(31)12(14)6-16(42)43/h7,10,19,24,41,44H,6,8-9H2,1-5H3,(H2,32,33)(H,34,45)(H,42,43)(H,47,48)/t19?,24-/m0/s1. The van der Waals surface area contributed by atoms with Crippen LogP contribution in [-0.2, 0) is 45.0 Å². The van der Waals surface area contributed by atoms with E-state index >= 15 is 0 Å². The number of carboxylic acid groups (broad SMARTS) is 2. The molecule has 55 heavy (non-hydrogen) atoms. The smallest absolute Gasteiger partial charge is 0.387 e. The number of nitrogens with zero attached hydrogens (tertiary/aromatic N) is 7. The highest BCUT2D eigenvalue weighted by Gasteiger charge is 2.54. The summed E-state index contributed by atoms with van der Waals surface area (Å²) in [7, 11) is 0. The van der Waals surface area contributed by atoms with Gasteiger partial charge in [-0.3, -0.25) is 24.2 Å². The summed E-state index contributed by atoms with van der Waals surface area (Å²) in [6, 6.07) is -0.174. The van der Waals surface area contributed by atoms with Crippen molar-refractivity contribution in [3.8, 4) is 17.2 Å². The number of nitrogens with one attached hydrogen (secondary N) is 1. The monoisotopic (exact) mass is 841 g/mol. The molecule has 0 spiro atoms. The minimum atomic E-state index is -1.75. The molecule has 2 amide bonds. The van der Waals surface area contributed by atoms with Crippen molar-refractivity contribution in [3.05, 3.63) is 39.0 Å². The largest absolute Gasteiger partial charge is 0.504 e. The number of carboxylic acids is 2. The molecule has 5 rings (SSSR count). The quantitative estimate of drug-likeness (QED) is 0.0336. The molecule has 1 fully saturated rings. The number of halogens is 1. The molecule has 0 saturated carbocycles. The summed E-state index contributed by atoms with van der Waals surface area (Å²) < 4.78 is 1.07. The van der Waals surface area contributed by atoms with Crippen LogP contribution in [0.4, 0.5) is 5.13 Å². The number of carbonyl (C=O) groups is 5. The van der Waals surface area contributed by atoms with Crippen LogP contribution >= 0.6 is 46.5 Å². The Hall–Kier alpha value is -5.17. The molecule has 2 aromatic heterocycles. The molecule has 7 N–H and O–H groups in total. The van der Waals surface area contributed by atoms with E-state index in [4.69, 9.17) is 31.9 Å². The molecule has 2 aliphatic heterocycles. The van der Waals surface area contributed by atoms with E-state index in [-0.39, 0.29) is 44.4 Å². The number of amides is 2. The van der Waals surface area contributed by atoms with Crippen LogP contribution in [0.25, 0.3) is 5.69 Å². The van der Waals surface area contributed by atoms with Crippen LogP contribution in [0.5, 0.6) is 11.5 Å². The van der Waals surface area contributed by atoms with Gasteiger partial charge in [0, 0.05) is 28.5 Å². The first-order chi connectivity index (χ1) is 25.7. The number of thiazole rings is 1. The number of phenols is 2. The van der Waals surface area contributed by atoms with Gasteiger partial charge < -0.3 is 36.3 Å². The van der Waals surface area contributed by atoms with Crippen molar-refractivity contribution in [2.45, 2.75) is 68.8 Å². The van der Waals surface area contributed by atoms with E-state index < -0.39 is 81.0 Å². The van der Waals surface area contributed by atoms with Crippen molar-refractivity contribution in [1.82, 2.24) is 35.4 Å². The van der Waals surface area contributed by atoms with E-state index in [9.17, 15) is 44.4 Å². The van der Waals surface area contributed by atoms with Crippen molar-refractivity contribution in [3.63, 3.8) is 0 Å². The van der Waals surface area contributed by atoms with Gasteiger partial charge in [0.05, 0.1) is 17.1 Å². The van der Waals surface area contributed by atoms with Crippen LogP contribution in [0, 0.1) is 0 Å². The van der Waals surface area contributed by atoms with Gasteiger partial charge >= 0.3 is 17.9 Å². The van der Waals surface area contributed by atoms with Gasteiger partial charge in [-0.25, -0.2) is 14.6 Å². The van der Waals surface area contributed by atoms with Gasteiger partial charge in [-0.1, -0.05) is 28.5 Å². The number of fused-ring (bicyclic) bond motifs is 1. The summed E-state index contributed by atoms with van der Waals surface area (Å²) in [6.45, 7) is 7.61. The average Bonchev–Trinajstić information content (AvgIpc) is 3.76. The highest BCUT2D eigenvalue weighted by atomic mass is 35.5. The van der Waals surface area contributed by atoms with Gasteiger partial charge in [0.15, 0.2) is 22.3 Å². The molecule has 0 bridgehead atoms. The second-order valence-corrected chi connectivity index (χ2v) is 16.4. The van der Waals surface area contributed by atoms with Crippen LogP contribution in [0.2, 0.25) is 5.02 Å². The number of carbonyl (C=O) groups excluding carboxylic acids is 3. The number of aliphatic carboxylic acids is 2. The molecule has 21 nitrogen and oxygen atoms in total. The van der Waals surface area contributed by atoms with Gasteiger partial charge in [0.1, 0.15) is 28.4 Å². The number of thioether (sulfide) groups is 2. The van der Waals surface area contributed by atoms with Crippen molar-refractivity contribution in [1.29, 1.82) is 0 Å². The minimum absolute atomic E-state index is 0.0253. The van der Waals surface area contributed by atoms with Crippen LogP contribution in [-0.4, -0.2) is 120 Å². The molecule has 2 aliphatic rings. The summed E-state index contributed by atoms with van der Waals surface area (Å²) in [5, 5.41) is 57.9. The number of hydrogen-bond donors (Lipinski definition) is 6. The maximum atomic E-state index is 13.6. The predicted octanol–water partition coefficient (Wildman–Crippen LogP) is 1.70. The molecule has 4 heterocycles. The number of benzene rings is 1. The number of nitrogen functional groups attached to an aromatic ring is 1. The lowest BCUT2D eigenvalue weighted by Crippen LogP contribution is -2.71. The maximum absolute atomic E-state index is 13.6. The second-order valence-electron chi connectivity index (χ2n) is 13.1. The number of β-lactam (4-membered cyclic amide) rings is 1. The first kappa shape index (κ1) is 41.0. The van der Waals surface area contributed by atoms with E-state index in [1.54, 1.807) is 20.8 Å². The van der Waals surface area contributed by atoms with E-state index in [1.165, 1.54) is 19.2 Å². The van der Waals surface area contributed by atoms with Gasteiger partial charge in [-0.15, -0.1) is 28.2 Å². The zero-order valence-electron chi connectivity index (χ0n) is 29.3. The van der Waals surface area contributed by atoms with Crippen LogP contribution in [0.1, 0.15) is 45.9 Å². The molecule has 1 saturated heterocycles. The summed E-state index contributed by atoms with van der Waals surface area (Å²) in [5.41, 5.74) is 2.55. The number of anilines is 1. The van der Waals surface area contributed by atoms with Gasteiger partial charge in [0.2, 0.25) is 10.8 Å². The molecule has 0 aliphatic carbocycles. The van der Waals surface area contributed by atoms with E-state index in [1.807, 2.05) is 0 Å². The fraction of sp³-hybridized carbons (Fsp3) is 0.400. The number of tetrazole rings is 1. The van der Waals surface area contributed by atoms with Gasteiger partial charge in [-0.2, -0.15) is 9.57 Å². The van der Waals surface area contributed by atoms with Gasteiger partial charge in [-0.05, 0) is 50.6 Å². The lowest BCUT2D eigenvalue weighted by atomic mass is 10.0. The number of hydrogen-bond acceptors (Lipinski definition) is 19. The summed E-state index contributed by atoms with van der Waals surface area (Å²) in [4.78, 5) is 84.2. The Kier molecular flexibility index (Phi) is 11.9. The molecule has 3 aromatic rings. The van der Waals surface area contributed by atoms with E-state index in [2.05, 4.69) is 31.0 Å². The lowest BCUT2D eigenvalue weighted by molar-refractivity contribution is -0.329. The SMILES string of the molecule is CC(C)(C)OOC(=O)C(C)(C)ON=C(C(=O)NC1C(=O)N2C(C(=O)O)=C(CSc3nnnn3-c3cc(O)c(O)c(Cl)c3CC(=O)O)CS[C@@H]12)c1csc(N)n1. The van der Waals surface area contributed by atoms with Crippen molar-refractivity contribution >= 4 is 87.0 Å². The molecule has 1 aromatic carbocycles. The Labute approximate surface area is 327 Å². The van der Waals surface area contributed by atoms with Crippen LogP contribution in [0.3, 0.4) is 0 Å². The lowest BCUT2D eigenvalue weighted by Gasteiger charge is -2.49. The molecule has 25 heteroatoms. The Morgan fingerprint density at radius 3 is 2.51 bits per heavy atom. The number of rotatable bonds is 14. The van der Waals surface area contributed by atoms with Crippen molar-refractivity contribution in [2.75, 3.05) is 17.2 Å². The highest BCUT2D eigenvalue weighted by Crippen LogP contribution is 2.43. The second kappa shape index (κ2) is 15.9. The summed E-state index contributed by atoms with van der Waals surface area (Å²) >= 11 is 9.23. The first-order valence-electron chi connectivity index (χ1n) is 15.6. The Morgan fingerprint density at radius 1 is 1.18 bits per heavy atom.